The first-order chi connectivity index (χ1) is 13.1. The van der Waals surface area contributed by atoms with Crippen LogP contribution in [-0.2, 0) is 0 Å². The van der Waals surface area contributed by atoms with E-state index in [4.69, 9.17) is 11.6 Å². The van der Waals surface area contributed by atoms with Gasteiger partial charge in [-0.3, -0.25) is 4.79 Å². The third-order valence-corrected chi connectivity index (χ3v) is 6.44. The van der Waals surface area contributed by atoms with Gasteiger partial charge in [-0.05, 0) is 62.6 Å². The number of hydrogen-bond donors (Lipinski definition) is 2. The van der Waals surface area contributed by atoms with E-state index in [-0.39, 0.29) is 11.9 Å². The maximum absolute atomic E-state index is 12.8. The first kappa shape index (κ1) is 18.6. The maximum atomic E-state index is 12.8. The third-order valence-electron chi connectivity index (χ3n) is 6.13. The largest absolute Gasteiger partial charge is 0.349 e. The summed E-state index contributed by atoms with van der Waals surface area (Å²) in [5.41, 5.74) is 1.10. The number of nitrogens with one attached hydrogen (secondary N) is 2. The third kappa shape index (κ3) is 4.40. The number of halogens is 1. The van der Waals surface area contributed by atoms with Crippen molar-refractivity contribution < 1.29 is 9.59 Å². The van der Waals surface area contributed by atoms with Crippen LogP contribution >= 0.6 is 11.6 Å². The minimum atomic E-state index is -0.141. The van der Waals surface area contributed by atoms with Gasteiger partial charge in [0.25, 0.3) is 5.91 Å². The minimum absolute atomic E-state index is 0.0469. The number of benzene rings is 1. The lowest BCUT2D eigenvalue weighted by Gasteiger charge is -2.34. The summed E-state index contributed by atoms with van der Waals surface area (Å²) < 4.78 is 0. The predicted molar refractivity (Wildman–Crippen MR) is 107 cm³/mol. The fourth-order valence-corrected chi connectivity index (χ4v) is 4.78. The van der Waals surface area contributed by atoms with Crippen LogP contribution in [0.3, 0.4) is 0 Å². The molecule has 2 N–H and O–H groups in total. The van der Waals surface area contributed by atoms with E-state index in [0.29, 0.717) is 34.3 Å². The molecule has 3 fully saturated rings. The Labute approximate surface area is 165 Å². The Morgan fingerprint density at radius 2 is 1.78 bits per heavy atom. The van der Waals surface area contributed by atoms with Gasteiger partial charge in [-0.15, -0.1) is 0 Å². The average Bonchev–Trinajstić information content (AvgIpc) is 3.33. The monoisotopic (exact) mass is 389 g/mol. The molecule has 0 bridgehead atoms. The molecule has 0 aromatic heterocycles. The van der Waals surface area contributed by atoms with Crippen molar-refractivity contribution in [2.75, 3.05) is 11.9 Å². The lowest BCUT2D eigenvalue weighted by Crippen LogP contribution is -2.43. The van der Waals surface area contributed by atoms with Crippen LogP contribution in [0.4, 0.5) is 10.5 Å². The summed E-state index contributed by atoms with van der Waals surface area (Å²) in [6, 6.07) is 5.74. The molecule has 1 heterocycles. The number of hydrogen-bond acceptors (Lipinski definition) is 2. The van der Waals surface area contributed by atoms with Crippen molar-refractivity contribution in [1.82, 2.24) is 10.2 Å². The number of carbonyl (C=O) groups excluding carboxylic acids is 2. The average molecular weight is 390 g/mol. The molecule has 0 radical (unpaired) electrons. The van der Waals surface area contributed by atoms with Crippen molar-refractivity contribution in [1.29, 1.82) is 0 Å². The summed E-state index contributed by atoms with van der Waals surface area (Å²) in [6.45, 7) is 0.822. The molecular formula is C21H28ClN3O2. The maximum Gasteiger partial charge on any atom is 0.322 e. The highest BCUT2D eigenvalue weighted by molar-refractivity contribution is 6.34. The zero-order chi connectivity index (χ0) is 18.8. The lowest BCUT2D eigenvalue weighted by molar-refractivity contribution is 0.0951. The van der Waals surface area contributed by atoms with E-state index in [1.165, 1.54) is 32.1 Å². The number of amides is 3. The zero-order valence-electron chi connectivity index (χ0n) is 15.7. The topological polar surface area (TPSA) is 61.4 Å². The zero-order valence-corrected chi connectivity index (χ0v) is 16.4. The fraction of sp³-hybridized carbons (Fsp3) is 0.619. The van der Waals surface area contributed by atoms with Gasteiger partial charge in [0.2, 0.25) is 0 Å². The van der Waals surface area contributed by atoms with Crippen molar-refractivity contribution in [3.05, 3.63) is 28.8 Å². The van der Waals surface area contributed by atoms with Gasteiger partial charge >= 0.3 is 6.03 Å². The highest BCUT2D eigenvalue weighted by Crippen LogP contribution is 2.34. The summed E-state index contributed by atoms with van der Waals surface area (Å²) in [5.74, 6) is 0.501. The van der Waals surface area contributed by atoms with Crippen molar-refractivity contribution in [2.24, 2.45) is 5.92 Å². The summed E-state index contributed by atoms with van der Waals surface area (Å²) in [4.78, 5) is 27.0. The fourth-order valence-electron chi connectivity index (χ4n) is 4.52. The van der Waals surface area contributed by atoms with Crippen LogP contribution in [0.15, 0.2) is 18.2 Å². The summed E-state index contributed by atoms with van der Waals surface area (Å²) in [6.07, 6.45) is 10.7. The summed E-state index contributed by atoms with van der Waals surface area (Å²) in [5, 5.41) is 6.29. The van der Waals surface area contributed by atoms with E-state index in [2.05, 4.69) is 10.6 Å². The molecule has 1 aromatic rings. The van der Waals surface area contributed by atoms with Gasteiger partial charge in [-0.25, -0.2) is 4.79 Å². The molecule has 27 heavy (non-hydrogen) atoms. The van der Waals surface area contributed by atoms with Gasteiger partial charge in [0.15, 0.2) is 0 Å². The molecular weight excluding hydrogens is 362 g/mol. The minimum Gasteiger partial charge on any atom is -0.349 e. The van der Waals surface area contributed by atoms with Gasteiger partial charge in [0.1, 0.15) is 0 Å². The van der Waals surface area contributed by atoms with E-state index in [1.807, 2.05) is 4.90 Å². The Hall–Kier alpha value is -1.75. The normalized spacial score (nSPS) is 23.3. The Morgan fingerprint density at radius 1 is 1.00 bits per heavy atom. The second-order valence-electron chi connectivity index (χ2n) is 8.17. The molecule has 4 rings (SSSR count). The van der Waals surface area contributed by atoms with Crippen molar-refractivity contribution in [3.8, 4) is 0 Å². The molecule has 1 atom stereocenters. The van der Waals surface area contributed by atoms with E-state index in [1.54, 1.807) is 18.2 Å². The van der Waals surface area contributed by atoms with Gasteiger partial charge in [-0.1, -0.05) is 30.9 Å². The molecule has 0 spiro atoms. The number of rotatable bonds is 4. The van der Waals surface area contributed by atoms with Crippen molar-refractivity contribution in [2.45, 2.75) is 69.9 Å². The molecule has 3 amide bonds. The van der Waals surface area contributed by atoms with E-state index in [0.717, 1.165) is 32.2 Å². The summed E-state index contributed by atoms with van der Waals surface area (Å²) >= 11 is 6.30. The Balaban J connectivity index is 1.39. The van der Waals surface area contributed by atoms with Crippen LogP contribution in [0.25, 0.3) is 0 Å². The number of urea groups is 1. The van der Waals surface area contributed by atoms with Crippen LogP contribution in [0.5, 0.6) is 0 Å². The highest BCUT2D eigenvalue weighted by atomic mass is 35.5. The standard InChI is InChI=1S/C21H28ClN3O2/c22-18-13-16(10-11-17(18)20(26)23-15-8-9-15)24-21(27)25-12-4-7-19(25)14-5-2-1-3-6-14/h10-11,13-15,19H,1-9,12H2,(H,23,26)(H,24,27). The van der Waals surface area contributed by atoms with Crippen molar-refractivity contribution >= 4 is 29.2 Å². The smallest absolute Gasteiger partial charge is 0.322 e. The van der Waals surface area contributed by atoms with E-state index >= 15 is 0 Å². The molecule has 1 aliphatic heterocycles. The molecule has 1 saturated heterocycles. The van der Waals surface area contributed by atoms with Crippen LogP contribution < -0.4 is 10.6 Å². The van der Waals surface area contributed by atoms with Gasteiger partial charge in [0, 0.05) is 24.3 Å². The van der Waals surface area contributed by atoms with E-state index < -0.39 is 0 Å². The van der Waals surface area contributed by atoms with Crippen LogP contribution in [0, 0.1) is 5.92 Å². The molecule has 1 unspecified atom stereocenters. The molecule has 2 saturated carbocycles. The van der Waals surface area contributed by atoms with Crippen LogP contribution in [0.1, 0.15) is 68.1 Å². The van der Waals surface area contributed by atoms with Gasteiger partial charge < -0.3 is 15.5 Å². The molecule has 6 heteroatoms. The van der Waals surface area contributed by atoms with Gasteiger partial charge in [-0.2, -0.15) is 0 Å². The first-order valence-electron chi connectivity index (χ1n) is 10.3. The molecule has 2 aliphatic carbocycles. The highest BCUT2D eigenvalue weighted by Gasteiger charge is 2.35. The summed E-state index contributed by atoms with van der Waals surface area (Å²) in [7, 11) is 0. The SMILES string of the molecule is O=C(NC1CC1)c1ccc(NC(=O)N2CCCC2C2CCCCC2)cc1Cl. The van der Waals surface area contributed by atoms with Crippen LogP contribution in [0.2, 0.25) is 5.02 Å². The molecule has 146 valence electrons. The number of likely N-dealkylation sites (tertiary alicyclic amines) is 1. The molecule has 3 aliphatic rings. The number of carbonyl (C=O) groups is 2. The Bertz CT molecular complexity index is 713. The molecule has 5 nitrogen and oxygen atoms in total. The van der Waals surface area contributed by atoms with Crippen LogP contribution in [-0.4, -0.2) is 35.5 Å². The first-order valence-corrected chi connectivity index (χ1v) is 10.7. The second kappa shape index (κ2) is 8.09. The van der Waals surface area contributed by atoms with Crippen molar-refractivity contribution in [3.63, 3.8) is 0 Å². The number of anilines is 1. The quantitative estimate of drug-likeness (QED) is 0.776. The predicted octanol–water partition coefficient (Wildman–Crippen LogP) is 4.81. The van der Waals surface area contributed by atoms with E-state index in [9.17, 15) is 9.59 Å². The Morgan fingerprint density at radius 3 is 2.48 bits per heavy atom. The lowest BCUT2D eigenvalue weighted by atomic mass is 9.83. The van der Waals surface area contributed by atoms with Gasteiger partial charge in [0.05, 0.1) is 10.6 Å². The Kier molecular flexibility index (Phi) is 5.58. The molecule has 1 aromatic carbocycles. The number of nitrogens with zero attached hydrogens (tertiary/aromatic N) is 1. The second-order valence-corrected chi connectivity index (χ2v) is 8.58.